The summed E-state index contributed by atoms with van der Waals surface area (Å²) in [6.07, 6.45) is 13.6. The molecular weight excluding hydrogens is 692 g/mol. The van der Waals surface area contributed by atoms with E-state index in [1.807, 2.05) is 29.3 Å². The molecule has 0 radical (unpaired) electrons. The van der Waals surface area contributed by atoms with Crippen LogP contribution in [0.25, 0.3) is 11.0 Å². The Kier molecular flexibility index (Phi) is 19.8. The van der Waals surface area contributed by atoms with E-state index in [1.165, 1.54) is 0 Å². The quantitative estimate of drug-likeness (QED) is 0.128. The summed E-state index contributed by atoms with van der Waals surface area (Å²) in [5.41, 5.74) is 7.58. The summed E-state index contributed by atoms with van der Waals surface area (Å²) >= 11 is 0. The first-order valence-electron chi connectivity index (χ1n) is 14.8. The molecule has 20 nitrogen and oxygen atoms in total. The van der Waals surface area contributed by atoms with Crippen LogP contribution in [0.2, 0.25) is 0 Å². The molecule has 1 amide bonds. The molecule has 0 saturated carbocycles. The summed E-state index contributed by atoms with van der Waals surface area (Å²) < 4.78 is 3.55. The number of aromatic nitrogens is 6. The highest BCUT2D eigenvalue weighted by molar-refractivity contribution is 5.78. The van der Waals surface area contributed by atoms with Gasteiger partial charge in [0.15, 0.2) is 5.65 Å². The minimum absolute atomic E-state index is 0. The molecule has 1 fully saturated rings. The van der Waals surface area contributed by atoms with Crippen LogP contribution >= 0.6 is 0 Å². The lowest BCUT2D eigenvalue weighted by Crippen LogP contribution is -2.40. The number of nitriles is 1. The Morgan fingerprint density at radius 2 is 1.57 bits per heavy atom. The largest absolute Gasteiger partial charge is 0.340 e. The number of carbonyl (C=O) groups is 1. The van der Waals surface area contributed by atoms with E-state index in [1.54, 1.807) is 35.1 Å². The second-order valence-electron chi connectivity index (χ2n) is 9.30. The molecule has 3 aromatic heterocycles. The van der Waals surface area contributed by atoms with Crippen LogP contribution in [0.5, 0.6) is 0 Å². The van der Waals surface area contributed by atoms with E-state index in [9.17, 15) is 9.70 Å². The number of likely N-dealkylation sites (tertiary alicyclic amines) is 1. The van der Waals surface area contributed by atoms with Crippen molar-refractivity contribution in [3.05, 3.63) is 29.7 Å². The van der Waals surface area contributed by atoms with Gasteiger partial charge in [-0.25, -0.2) is 9.67 Å². The molecule has 3 aromatic rings. The molecule has 1 atom stereocenters. The number of nitrogens with zero attached hydrogens (tertiary/aromatic N) is 16. The van der Waals surface area contributed by atoms with Crippen molar-refractivity contribution in [1.29, 1.82) is 10.8 Å². The Balaban J connectivity index is -0.000000196. The van der Waals surface area contributed by atoms with Gasteiger partial charge in [-0.1, -0.05) is 5.92 Å². The summed E-state index contributed by atoms with van der Waals surface area (Å²) in [6, 6.07) is 1.95. The summed E-state index contributed by atoms with van der Waals surface area (Å²) in [6.45, 7) is 2.91. The number of piperidine rings is 1. The number of hydrogen-bond donors (Lipinski definition) is 2. The van der Waals surface area contributed by atoms with Crippen LogP contribution in [0.1, 0.15) is 42.2 Å². The van der Waals surface area contributed by atoms with Gasteiger partial charge in [0.2, 0.25) is 11.9 Å². The Morgan fingerprint density at radius 1 is 0.944 bits per heavy atom. The molecule has 1 aliphatic heterocycles. The smallest absolute Gasteiger partial charge is 0.236 e. The van der Waals surface area contributed by atoms with Gasteiger partial charge in [-0.05, 0) is 124 Å². The number of nitrogens with one attached hydrogen (secondary N) is 2. The number of hydrogen-bond acceptors (Lipinski definition) is 9. The number of anilines is 2. The molecule has 20 heteroatoms. The third kappa shape index (κ3) is 16.4. The van der Waals surface area contributed by atoms with Crippen molar-refractivity contribution < 1.29 is 14.8 Å². The molecule has 54 heavy (non-hydrogen) atoms. The topological polar surface area (TPSA) is 257 Å². The van der Waals surface area contributed by atoms with Gasteiger partial charge in [-0.3, -0.25) is 9.48 Å². The minimum atomic E-state index is -0.132. The number of aryl methyl sites for hydroxylation is 1. The predicted octanol–water partition coefficient (Wildman–Crippen LogP) is 5.57. The van der Waals surface area contributed by atoms with Gasteiger partial charge in [0.1, 0.15) is 11.7 Å². The molecular formula is C34H38N18O2. The first kappa shape index (κ1) is 41.2. The molecule has 1 saturated heterocycles. The SMILES string of the molecule is C#CC#CC#CC#CC#CC#CC#CC#CC.Cn1cc(Nc2ncc3cnn(C4CCCN(C(=O)CC#N)C4)c3n2)cn1.N=N/N=N/N=N/N=N/N=O.[HH].[HH].[HH].[HH].[HH].[HH].[HH]. The third-order valence-electron chi connectivity index (χ3n) is 5.85. The Bertz CT molecular complexity index is 2440. The molecule has 276 valence electrons. The fourth-order valence-corrected chi connectivity index (χ4v) is 3.89. The number of amides is 1. The van der Waals surface area contributed by atoms with Crippen LogP contribution in [0.4, 0.5) is 11.6 Å². The average Bonchev–Trinajstić information content (AvgIpc) is 3.81. The van der Waals surface area contributed by atoms with Gasteiger partial charge in [-0.2, -0.15) is 26.0 Å². The van der Waals surface area contributed by atoms with Crippen LogP contribution in [0, 0.1) is 117 Å². The van der Waals surface area contributed by atoms with Gasteiger partial charge in [0.05, 0.1) is 35.6 Å². The number of carbonyl (C=O) groups excluding carboxylic acids is 1. The average molecular weight is 731 g/mol. The normalized spacial score (nSPS) is 11.9. The van der Waals surface area contributed by atoms with Crippen LogP contribution in [-0.2, 0) is 11.8 Å². The highest BCUT2D eigenvalue weighted by atomic mass is 16.3. The zero-order valence-electron chi connectivity index (χ0n) is 28.5. The third-order valence-corrected chi connectivity index (χ3v) is 5.85. The fraction of sp³-hybridized carbons (Fsp3) is 0.235. The van der Waals surface area contributed by atoms with E-state index >= 15 is 0 Å². The lowest BCUT2D eigenvalue weighted by molar-refractivity contribution is -0.131. The molecule has 1 unspecified atom stereocenters. The van der Waals surface area contributed by atoms with Gasteiger partial charge in [0.25, 0.3) is 0 Å². The monoisotopic (exact) mass is 730 g/mol. The molecule has 0 aliphatic carbocycles. The molecule has 4 rings (SSSR count). The molecule has 2 N–H and O–H groups in total. The van der Waals surface area contributed by atoms with E-state index in [2.05, 4.69) is 151 Å². The molecule has 1 aliphatic rings. The lowest BCUT2D eigenvalue weighted by Gasteiger charge is -2.32. The van der Waals surface area contributed by atoms with Crippen LogP contribution in [-0.4, -0.2) is 53.4 Å². The van der Waals surface area contributed by atoms with Gasteiger partial charge >= 0.3 is 0 Å². The minimum Gasteiger partial charge on any atom is -0.340 e. The van der Waals surface area contributed by atoms with Crippen molar-refractivity contribution in [2.75, 3.05) is 18.4 Å². The van der Waals surface area contributed by atoms with Crippen LogP contribution in [0.15, 0.2) is 66.6 Å². The number of rotatable bonds is 8. The van der Waals surface area contributed by atoms with E-state index in [-0.39, 0.29) is 28.4 Å². The molecule has 4 heterocycles. The standard InChI is InChI=1S/C17H19N9O.C17H4.HN9O.7H2/c1-24-10-13(9-20-24)22-17-19-7-12-8-21-26(16(12)23-17)14-3-2-6-25(11-14)15(27)4-5-18;1-3-5-7-9-11-13-15-17-16-14-12-10-8-6-4-2;1-2-3-4-5-6-7-8-9-10;;;;;;;/h7-10,14H,2-4,6,11H2,1H3,(H,19,22,23);1H,2H3;1H;7*1H/b;;2-1?,4-3+,6-5+,8-7+;;;;;;;. The fourth-order valence-electron chi connectivity index (χ4n) is 3.89. The maximum Gasteiger partial charge on any atom is 0.236 e. The molecule has 0 aromatic carbocycles. The zero-order valence-corrected chi connectivity index (χ0v) is 28.5. The second-order valence-corrected chi connectivity index (χ2v) is 9.30. The van der Waals surface area contributed by atoms with Crippen LogP contribution < -0.4 is 5.32 Å². The summed E-state index contributed by atoms with van der Waals surface area (Å²) in [4.78, 5) is 31.9. The van der Waals surface area contributed by atoms with Crippen molar-refractivity contribution in [3.8, 4) is 101 Å². The van der Waals surface area contributed by atoms with Crippen molar-refractivity contribution in [1.82, 2.24) is 34.4 Å². The van der Waals surface area contributed by atoms with Crippen LogP contribution in [0.3, 0.4) is 0 Å². The van der Waals surface area contributed by atoms with Crippen molar-refractivity contribution in [2.24, 2.45) is 48.9 Å². The summed E-state index contributed by atoms with van der Waals surface area (Å²) in [5.74, 6) is 37.2. The highest BCUT2D eigenvalue weighted by Gasteiger charge is 2.26. The highest BCUT2D eigenvalue weighted by Crippen LogP contribution is 2.25. The predicted molar refractivity (Wildman–Crippen MR) is 206 cm³/mol. The van der Waals surface area contributed by atoms with Crippen molar-refractivity contribution in [2.45, 2.75) is 32.2 Å². The first-order valence-corrected chi connectivity index (χ1v) is 14.8. The van der Waals surface area contributed by atoms with Crippen molar-refractivity contribution >= 4 is 28.6 Å². The number of fused-ring (bicyclic) bond motifs is 1. The maximum atomic E-state index is 12.1. The Labute approximate surface area is 319 Å². The van der Waals surface area contributed by atoms with E-state index < -0.39 is 0 Å². The first-order chi connectivity index (χ1) is 26.5. The lowest BCUT2D eigenvalue weighted by atomic mass is 10.1. The zero-order chi connectivity index (χ0) is 39.1. The van der Waals surface area contributed by atoms with E-state index in [4.69, 9.17) is 17.2 Å². The van der Waals surface area contributed by atoms with Gasteiger partial charge in [0, 0.05) is 58.2 Å². The molecule has 0 bridgehead atoms. The van der Waals surface area contributed by atoms with Gasteiger partial charge in [-0.15, -0.1) is 11.3 Å². The summed E-state index contributed by atoms with van der Waals surface area (Å²) in [7, 11) is 1.84. The molecule has 0 spiro atoms. The van der Waals surface area contributed by atoms with E-state index in [0.717, 1.165) is 29.6 Å². The maximum absolute atomic E-state index is 12.1. The second kappa shape index (κ2) is 25.9. The number of nitroso groups, excluding NO2 is 1. The van der Waals surface area contributed by atoms with Gasteiger partial charge < -0.3 is 10.2 Å². The Hall–Kier alpha value is -9.00. The summed E-state index contributed by atoms with van der Waals surface area (Å²) in [5, 5.41) is 42.1. The number of terminal acetylenes is 1. The van der Waals surface area contributed by atoms with E-state index in [0.29, 0.717) is 19.0 Å². The Morgan fingerprint density at radius 3 is 2.15 bits per heavy atom. The van der Waals surface area contributed by atoms with Crippen molar-refractivity contribution in [3.63, 3.8) is 0 Å².